The number of hydrogen-bond donors (Lipinski definition) is 2. The molecule has 0 aliphatic heterocycles. The molecule has 7 heteroatoms. The lowest BCUT2D eigenvalue weighted by Gasteiger charge is -2.07. The van der Waals surface area contributed by atoms with Crippen LogP contribution in [-0.2, 0) is 0 Å². The number of pyridine rings is 1. The van der Waals surface area contributed by atoms with Gasteiger partial charge in [-0.1, -0.05) is 0 Å². The van der Waals surface area contributed by atoms with E-state index in [0.29, 0.717) is 17.1 Å². The Morgan fingerprint density at radius 3 is 2.89 bits per heavy atom. The molecule has 0 atom stereocenters. The summed E-state index contributed by atoms with van der Waals surface area (Å²) in [7, 11) is 1.47. The minimum Gasteiger partial charge on any atom is -0.481 e. The van der Waals surface area contributed by atoms with E-state index in [0.717, 1.165) is 0 Å². The van der Waals surface area contributed by atoms with Gasteiger partial charge in [0.05, 0.1) is 24.6 Å². The summed E-state index contributed by atoms with van der Waals surface area (Å²) in [6.45, 7) is 0. The van der Waals surface area contributed by atoms with E-state index < -0.39 is 5.97 Å². The molecule has 0 aliphatic carbocycles. The second kappa shape index (κ2) is 4.66. The first-order valence-corrected chi connectivity index (χ1v) is 4.98. The largest absolute Gasteiger partial charge is 0.481 e. The molecule has 7 nitrogen and oxygen atoms in total. The van der Waals surface area contributed by atoms with Gasteiger partial charge in [0.2, 0.25) is 5.88 Å². The van der Waals surface area contributed by atoms with E-state index in [1.54, 1.807) is 18.3 Å². The quantitative estimate of drug-likeness (QED) is 0.824. The Morgan fingerprint density at radius 1 is 1.44 bits per heavy atom. The number of anilines is 1. The number of nitrogens with two attached hydrogens (primary N) is 1. The van der Waals surface area contributed by atoms with Crippen molar-refractivity contribution in [1.82, 2.24) is 15.0 Å². The normalized spacial score (nSPS) is 10.1. The summed E-state index contributed by atoms with van der Waals surface area (Å²) >= 11 is 0. The molecule has 0 saturated heterocycles. The molecule has 2 aromatic heterocycles. The number of aromatic nitrogens is 3. The minimum atomic E-state index is -1.23. The minimum absolute atomic E-state index is 0.130. The molecule has 92 valence electrons. The fourth-order valence-electron chi connectivity index (χ4n) is 1.43. The average Bonchev–Trinajstić information content (AvgIpc) is 2.39. The molecule has 18 heavy (non-hydrogen) atoms. The third-order valence-corrected chi connectivity index (χ3v) is 2.24. The van der Waals surface area contributed by atoms with E-state index in [9.17, 15) is 4.79 Å². The van der Waals surface area contributed by atoms with Crippen LogP contribution < -0.4 is 10.5 Å². The zero-order valence-electron chi connectivity index (χ0n) is 9.49. The number of methoxy groups -OCH3 is 1. The molecule has 0 amide bonds. The molecule has 0 unspecified atom stereocenters. The second-order valence-electron chi connectivity index (χ2n) is 3.35. The Balaban J connectivity index is 2.58. The van der Waals surface area contributed by atoms with E-state index in [4.69, 9.17) is 15.6 Å². The maximum Gasteiger partial charge on any atom is 0.358 e. The summed E-state index contributed by atoms with van der Waals surface area (Å²) < 4.78 is 5.07. The number of nitrogen functional groups attached to an aromatic ring is 1. The highest BCUT2D eigenvalue weighted by Gasteiger charge is 2.15. The molecule has 0 aliphatic rings. The SMILES string of the molecule is COc1ncccc1-c1cnc(N)c(C(=O)O)n1. The molecular weight excluding hydrogens is 236 g/mol. The number of rotatable bonds is 3. The Bertz CT molecular complexity index is 601. The van der Waals surface area contributed by atoms with Gasteiger partial charge in [-0.2, -0.15) is 0 Å². The fraction of sp³-hybridized carbons (Fsp3) is 0.0909. The van der Waals surface area contributed by atoms with Crippen molar-refractivity contribution in [2.45, 2.75) is 0 Å². The predicted molar refractivity (Wildman–Crippen MR) is 63.2 cm³/mol. The molecule has 0 radical (unpaired) electrons. The van der Waals surface area contributed by atoms with Crippen LogP contribution in [0.5, 0.6) is 5.88 Å². The van der Waals surface area contributed by atoms with Gasteiger partial charge < -0.3 is 15.6 Å². The van der Waals surface area contributed by atoms with Crippen molar-refractivity contribution < 1.29 is 14.6 Å². The summed E-state index contributed by atoms with van der Waals surface area (Å²) in [4.78, 5) is 22.7. The summed E-state index contributed by atoms with van der Waals surface area (Å²) in [5, 5.41) is 8.93. The van der Waals surface area contributed by atoms with Crippen LogP contribution >= 0.6 is 0 Å². The molecule has 2 heterocycles. The zero-order valence-corrected chi connectivity index (χ0v) is 9.49. The number of carboxylic acids is 1. The molecule has 0 aromatic carbocycles. The van der Waals surface area contributed by atoms with Crippen LogP contribution in [0.15, 0.2) is 24.5 Å². The van der Waals surface area contributed by atoms with Crippen molar-refractivity contribution in [3.8, 4) is 17.1 Å². The number of carboxylic acid groups (broad SMARTS) is 1. The highest BCUT2D eigenvalue weighted by atomic mass is 16.5. The van der Waals surface area contributed by atoms with E-state index in [-0.39, 0.29) is 11.5 Å². The number of aromatic carboxylic acids is 1. The van der Waals surface area contributed by atoms with Gasteiger partial charge in [0.1, 0.15) is 0 Å². The van der Waals surface area contributed by atoms with E-state index in [1.807, 2.05) is 0 Å². The lowest BCUT2D eigenvalue weighted by Crippen LogP contribution is -2.08. The van der Waals surface area contributed by atoms with Crippen molar-refractivity contribution in [3.05, 3.63) is 30.2 Å². The standard InChI is InChI=1S/C11H10N4O3/c1-18-10-6(3-2-4-13-10)7-5-14-9(12)8(15-7)11(16)17/h2-5H,1H3,(H2,12,14)(H,16,17). The topological polar surface area (TPSA) is 111 Å². The van der Waals surface area contributed by atoms with Gasteiger partial charge in [0, 0.05) is 6.20 Å². The van der Waals surface area contributed by atoms with Crippen LogP contribution in [0.25, 0.3) is 11.3 Å². The van der Waals surface area contributed by atoms with Gasteiger partial charge in [-0.25, -0.2) is 19.7 Å². The Labute approximate surface area is 102 Å². The summed E-state index contributed by atoms with van der Waals surface area (Å²) in [5.74, 6) is -1.02. The van der Waals surface area contributed by atoms with E-state index in [1.165, 1.54) is 13.3 Å². The van der Waals surface area contributed by atoms with Crippen LogP contribution in [0.3, 0.4) is 0 Å². The Kier molecular flexibility index (Phi) is 3.05. The molecule has 0 fully saturated rings. The molecular formula is C11H10N4O3. The summed E-state index contributed by atoms with van der Waals surface area (Å²) in [6, 6.07) is 3.40. The van der Waals surface area contributed by atoms with Crippen molar-refractivity contribution in [3.63, 3.8) is 0 Å². The number of hydrogen-bond acceptors (Lipinski definition) is 6. The van der Waals surface area contributed by atoms with Crippen LogP contribution in [0.4, 0.5) is 5.82 Å². The zero-order chi connectivity index (χ0) is 13.1. The third kappa shape index (κ3) is 2.05. The summed E-state index contributed by atoms with van der Waals surface area (Å²) in [6.07, 6.45) is 2.94. The van der Waals surface area contributed by atoms with Crippen molar-refractivity contribution >= 4 is 11.8 Å². The predicted octanol–water partition coefficient (Wildman–Crippen LogP) is 0.828. The lowest BCUT2D eigenvalue weighted by atomic mass is 10.2. The summed E-state index contributed by atoms with van der Waals surface area (Å²) in [5.41, 5.74) is 6.03. The number of nitrogens with zero attached hydrogens (tertiary/aromatic N) is 3. The van der Waals surface area contributed by atoms with Gasteiger partial charge in [-0.15, -0.1) is 0 Å². The molecule has 3 N–H and O–H groups in total. The lowest BCUT2D eigenvalue weighted by molar-refractivity contribution is 0.0691. The van der Waals surface area contributed by atoms with Gasteiger partial charge in [0.25, 0.3) is 0 Å². The van der Waals surface area contributed by atoms with Crippen LogP contribution in [0.1, 0.15) is 10.5 Å². The number of carbonyl (C=O) groups is 1. The maximum absolute atomic E-state index is 10.9. The Hall–Kier alpha value is -2.70. The van der Waals surface area contributed by atoms with Gasteiger partial charge in [0.15, 0.2) is 11.5 Å². The molecule has 0 saturated carbocycles. The first-order chi connectivity index (χ1) is 8.63. The maximum atomic E-state index is 10.9. The highest BCUT2D eigenvalue weighted by Crippen LogP contribution is 2.26. The first-order valence-electron chi connectivity index (χ1n) is 4.98. The highest BCUT2D eigenvalue weighted by molar-refractivity contribution is 5.91. The molecule has 2 aromatic rings. The van der Waals surface area contributed by atoms with Crippen molar-refractivity contribution in [1.29, 1.82) is 0 Å². The molecule has 2 rings (SSSR count). The van der Waals surface area contributed by atoms with Gasteiger partial charge >= 0.3 is 5.97 Å². The van der Waals surface area contributed by atoms with Crippen LogP contribution in [0, 0.1) is 0 Å². The smallest absolute Gasteiger partial charge is 0.358 e. The number of ether oxygens (including phenoxy) is 1. The van der Waals surface area contributed by atoms with E-state index in [2.05, 4.69) is 15.0 Å². The van der Waals surface area contributed by atoms with Gasteiger partial charge in [-0.3, -0.25) is 0 Å². The third-order valence-electron chi connectivity index (χ3n) is 2.24. The van der Waals surface area contributed by atoms with E-state index >= 15 is 0 Å². The molecule has 0 spiro atoms. The average molecular weight is 246 g/mol. The monoisotopic (exact) mass is 246 g/mol. The van der Waals surface area contributed by atoms with Crippen molar-refractivity contribution in [2.75, 3.05) is 12.8 Å². The fourth-order valence-corrected chi connectivity index (χ4v) is 1.43. The molecule has 0 bridgehead atoms. The second-order valence-corrected chi connectivity index (χ2v) is 3.35. The Morgan fingerprint density at radius 2 is 2.22 bits per heavy atom. The van der Waals surface area contributed by atoms with Crippen LogP contribution in [0.2, 0.25) is 0 Å². The van der Waals surface area contributed by atoms with Crippen molar-refractivity contribution in [2.24, 2.45) is 0 Å². The van der Waals surface area contributed by atoms with Gasteiger partial charge in [-0.05, 0) is 12.1 Å². The first kappa shape index (κ1) is 11.8. The van der Waals surface area contributed by atoms with Crippen LogP contribution in [-0.4, -0.2) is 33.1 Å².